The van der Waals surface area contributed by atoms with Crippen LogP contribution in [0, 0.1) is 5.92 Å². The maximum absolute atomic E-state index is 2.40. The second kappa shape index (κ2) is 5.31. The Morgan fingerprint density at radius 3 is 2.67 bits per heavy atom. The summed E-state index contributed by atoms with van der Waals surface area (Å²) in [7, 11) is 0. The Morgan fingerprint density at radius 1 is 1.33 bits per heavy atom. The summed E-state index contributed by atoms with van der Waals surface area (Å²) in [5.41, 5.74) is 0. The molecule has 0 bridgehead atoms. The molecule has 0 aromatic heterocycles. The number of rotatable bonds is 3. The summed E-state index contributed by atoms with van der Waals surface area (Å²) < 4.78 is 0.771. The van der Waals surface area contributed by atoms with Crippen molar-refractivity contribution >= 4 is 23.5 Å². The van der Waals surface area contributed by atoms with Crippen LogP contribution in [0.4, 0.5) is 0 Å². The zero-order valence-electron chi connectivity index (χ0n) is 9.35. The highest BCUT2D eigenvalue weighted by molar-refractivity contribution is 8.17. The molecule has 1 fully saturated rings. The predicted molar refractivity (Wildman–Crippen MR) is 71.5 cm³/mol. The van der Waals surface area contributed by atoms with Gasteiger partial charge in [0.25, 0.3) is 0 Å². The summed E-state index contributed by atoms with van der Waals surface area (Å²) >= 11 is 4.21. The molecule has 0 aliphatic carbocycles. The molecule has 1 aliphatic rings. The number of hydrogen-bond donors (Lipinski definition) is 0. The fourth-order valence-corrected chi connectivity index (χ4v) is 5.44. The number of benzene rings is 1. The van der Waals surface area contributed by atoms with E-state index in [1.165, 1.54) is 17.7 Å². The van der Waals surface area contributed by atoms with Crippen molar-refractivity contribution < 1.29 is 0 Å². The average Bonchev–Trinajstić information content (AvgIpc) is 2.60. The maximum atomic E-state index is 2.40. The highest BCUT2D eigenvalue weighted by atomic mass is 32.2. The van der Waals surface area contributed by atoms with Gasteiger partial charge in [0.1, 0.15) is 0 Å². The fourth-order valence-electron chi connectivity index (χ4n) is 2.07. The Bertz CT molecular complexity index is 297. The summed E-state index contributed by atoms with van der Waals surface area (Å²) in [5.74, 6) is 0.890. The quantitative estimate of drug-likeness (QED) is 0.751. The maximum Gasteiger partial charge on any atom is 0.0555 e. The predicted octanol–water partition coefficient (Wildman–Crippen LogP) is 4.66. The van der Waals surface area contributed by atoms with E-state index >= 15 is 0 Å². The minimum absolute atomic E-state index is 0.771. The van der Waals surface area contributed by atoms with Crippen LogP contribution in [0.25, 0.3) is 0 Å². The molecule has 2 rings (SSSR count). The molecule has 1 saturated heterocycles. The third-order valence-corrected chi connectivity index (χ3v) is 6.20. The van der Waals surface area contributed by atoms with E-state index in [1.54, 1.807) is 0 Å². The van der Waals surface area contributed by atoms with E-state index in [0.717, 1.165) is 15.7 Å². The Kier molecular flexibility index (Phi) is 4.04. The molecule has 1 aromatic carbocycles. The second-order valence-corrected chi connectivity index (χ2v) is 7.18. The first kappa shape index (κ1) is 11.4. The van der Waals surface area contributed by atoms with E-state index in [9.17, 15) is 0 Å². The molecule has 1 aromatic rings. The molecule has 82 valence electrons. The van der Waals surface area contributed by atoms with E-state index in [-0.39, 0.29) is 0 Å². The molecule has 2 heteroatoms. The lowest BCUT2D eigenvalue weighted by Crippen LogP contribution is -2.04. The highest BCUT2D eigenvalue weighted by Gasteiger charge is 2.30. The lowest BCUT2D eigenvalue weighted by Gasteiger charge is -2.10. The van der Waals surface area contributed by atoms with Crippen LogP contribution in [0.15, 0.2) is 35.2 Å². The summed E-state index contributed by atoms with van der Waals surface area (Å²) in [6, 6.07) is 10.8. The van der Waals surface area contributed by atoms with Crippen molar-refractivity contribution in [1.29, 1.82) is 0 Å². The van der Waals surface area contributed by atoms with Crippen molar-refractivity contribution in [3.63, 3.8) is 0 Å². The zero-order chi connectivity index (χ0) is 10.7. The van der Waals surface area contributed by atoms with E-state index in [1.807, 2.05) is 11.8 Å². The summed E-state index contributed by atoms with van der Waals surface area (Å²) in [5, 5.41) is 0.881. The highest BCUT2D eigenvalue weighted by Crippen LogP contribution is 2.47. The van der Waals surface area contributed by atoms with Crippen molar-refractivity contribution in [3.05, 3.63) is 30.3 Å². The third kappa shape index (κ3) is 2.94. The monoisotopic (exact) mass is 238 g/mol. The fraction of sp³-hybridized carbons (Fsp3) is 0.538. The minimum Gasteiger partial charge on any atom is -0.144 e. The third-order valence-electron chi connectivity index (χ3n) is 2.94. The molecule has 1 aliphatic heterocycles. The van der Waals surface area contributed by atoms with Crippen LogP contribution >= 0.6 is 23.5 Å². The van der Waals surface area contributed by atoms with Gasteiger partial charge in [-0.25, -0.2) is 0 Å². The first-order chi connectivity index (χ1) is 7.29. The van der Waals surface area contributed by atoms with Gasteiger partial charge in [-0.3, -0.25) is 0 Å². The number of hydrogen-bond acceptors (Lipinski definition) is 2. The molecule has 0 spiro atoms. The molecule has 0 saturated carbocycles. The van der Waals surface area contributed by atoms with Gasteiger partial charge in [0.2, 0.25) is 0 Å². The minimum atomic E-state index is 0.771. The van der Waals surface area contributed by atoms with E-state index in [4.69, 9.17) is 0 Å². The molecule has 1 heterocycles. The smallest absolute Gasteiger partial charge is 0.0555 e. The van der Waals surface area contributed by atoms with Crippen LogP contribution in [0.2, 0.25) is 0 Å². The van der Waals surface area contributed by atoms with Crippen LogP contribution in [-0.4, -0.2) is 9.83 Å². The molecular formula is C13H18S2. The Labute approximate surface area is 101 Å². The van der Waals surface area contributed by atoms with Crippen molar-refractivity contribution in [2.24, 2.45) is 5.92 Å². The summed E-state index contributed by atoms with van der Waals surface area (Å²) in [6.45, 7) is 4.70. The molecule has 0 radical (unpaired) electrons. The Hall–Kier alpha value is -0.0800. The summed E-state index contributed by atoms with van der Waals surface area (Å²) in [6.07, 6.45) is 2.68. The van der Waals surface area contributed by atoms with Crippen LogP contribution in [0.3, 0.4) is 0 Å². The van der Waals surface area contributed by atoms with Crippen LogP contribution < -0.4 is 0 Å². The molecular weight excluding hydrogens is 220 g/mol. The van der Waals surface area contributed by atoms with E-state index < -0.39 is 0 Å². The Balaban J connectivity index is 1.92. The van der Waals surface area contributed by atoms with Gasteiger partial charge in [-0.05, 0) is 30.9 Å². The van der Waals surface area contributed by atoms with Gasteiger partial charge in [-0.2, -0.15) is 0 Å². The zero-order valence-corrected chi connectivity index (χ0v) is 11.0. The van der Waals surface area contributed by atoms with Crippen LogP contribution in [-0.2, 0) is 0 Å². The van der Waals surface area contributed by atoms with E-state index in [2.05, 4.69) is 55.9 Å². The van der Waals surface area contributed by atoms with Crippen molar-refractivity contribution in [2.75, 3.05) is 0 Å². The largest absolute Gasteiger partial charge is 0.144 e. The lowest BCUT2D eigenvalue weighted by molar-refractivity contribution is 0.549. The van der Waals surface area contributed by atoms with Gasteiger partial charge in [-0.1, -0.05) is 32.0 Å². The second-order valence-electron chi connectivity index (χ2n) is 4.16. The van der Waals surface area contributed by atoms with Gasteiger partial charge < -0.3 is 0 Å². The van der Waals surface area contributed by atoms with Crippen molar-refractivity contribution in [2.45, 2.75) is 41.4 Å². The Morgan fingerprint density at radius 2 is 2.07 bits per heavy atom. The first-order valence-corrected chi connectivity index (χ1v) is 7.49. The topological polar surface area (TPSA) is 0 Å². The molecule has 3 atom stereocenters. The molecule has 0 amide bonds. The summed E-state index contributed by atoms with van der Waals surface area (Å²) in [4.78, 5) is 1.42. The number of thioether (sulfide) groups is 2. The molecule has 0 N–H and O–H groups in total. The van der Waals surface area contributed by atoms with Gasteiger partial charge in [0, 0.05) is 10.1 Å². The average molecular weight is 238 g/mol. The van der Waals surface area contributed by atoms with Crippen molar-refractivity contribution in [1.82, 2.24) is 0 Å². The van der Waals surface area contributed by atoms with E-state index in [0.29, 0.717) is 0 Å². The van der Waals surface area contributed by atoms with Crippen LogP contribution in [0.1, 0.15) is 26.7 Å². The molecule has 15 heavy (non-hydrogen) atoms. The normalized spacial score (nSPS) is 30.7. The molecule has 1 unspecified atom stereocenters. The van der Waals surface area contributed by atoms with Gasteiger partial charge in [-0.15, -0.1) is 23.5 Å². The first-order valence-electron chi connectivity index (χ1n) is 5.66. The van der Waals surface area contributed by atoms with Gasteiger partial charge in [0.05, 0.1) is 4.58 Å². The standard InChI is InChI=1S/C13H18S2/c1-3-12-10(2)9-13(15-12)14-11-7-5-4-6-8-11/h4-8,10,12-13H,3,9H2,1-2H3/t10-,12+,13?/m0/s1. The molecule has 0 nitrogen and oxygen atoms in total. The van der Waals surface area contributed by atoms with Crippen LogP contribution in [0.5, 0.6) is 0 Å². The lowest BCUT2D eigenvalue weighted by atomic mass is 10.0. The SMILES string of the molecule is CC[C@H]1SC(Sc2ccccc2)C[C@@H]1C. The van der Waals surface area contributed by atoms with Gasteiger partial charge in [0.15, 0.2) is 0 Å². The van der Waals surface area contributed by atoms with Gasteiger partial charge >= 0.3 is 0 Å². The van der Waals surface area contributed by atoms with Crippen molar-refractivity contribution in [3.8, 4) is 0 Å².